The third-order valence-electron chi connectivity index (χ3n) is 4.10. The summed E-state index contributed by atoms with van der Waals surface area (Å²) in [5.41, 5.74) is 1.96. The van der Waals surface area contributed by atoms with Crippen molar-refractivity contribution < 1.29 is 13.2 Å². The normalized spacial score (nSPS) is 11.1. The van der Waals surface area contributed by atoms with Gasteiger partial charge in [0.15, 0.2) is 10.3 Å². The molecule has 158 valence electrons. The van der Waals surface area contributed by atoms with Gasteiger partial charge in [0.2, 0.25) is 0 Å². The number of hydrogen-bond donors (Lipinski definition) is 3. The molecule has 0 unspecified atom stereocenters. The van der Waals surface area contributed by atoms with Gasteiger partial charge in [0.1, 0.15) is 4.88 Å². The molecule has 0 aliphatic heterocycles. The summed E-state index contributed by atoms with van der Waals surface area (Å²) in [6.45, 7) is 1.77. The lowest BCUT2D eigenvalue weighted by atomic mass is 10.3. The highest BCUT2D eigenvalue weighted by atomic mass is 32.2. The number of carbonyl (C=O) groups is 1. The molecule has 0 aliphatic rings. The van der Waals surface area contributed by atoms with Crippen LogP contribution in [0.25, 0.3) is 0 Å². The van der Waals surface area contributed by atoms with Crippen LogP contribution < -0.4 is 15.4 Å². The van der Waals surface area contributed by atoms with Crippen molar-refractivity contribution in [3.8, 4) is 0 Å². The Bertz CT molecular complexity index is 1290. The topological polar surface area (TPSA) is 113 Å². The lowest BCUT2D eigenvalue weighted by Crippen LogP contribution is -2.12. The Balaban J connectivity index is 1.45. The summed E-state index contributed by atoms with van der Waals surface area (Å²) in [5, 5.41) is 8.49. The second-order valence-electron chi connectivity index (χ2n) is 6.35. The third-order valence-corrected chi connectivity index (χ3v) is 7.35. The minimum Gasteiger partial charge on any atom is -0.332 e. The molecule has 0 radical (unpaired) electrons. The van der Waals surface area contributed by atoms with Crippen LogP contribution in [-0.4, -0.2) is 24.3 Å². The van der Waals surface area contributed by atoms with Gasteiger partial charge < -0.3 is 10.6 Å². The molecule has 2 heterocycles. The number of thiazole rings is 2. The van der Waals surface area contributed by atoms with Gasteiger partial charge >= 0.3 is 0 Å². The SMILES string of the molecule is Cc1nc(Nc2ccc(S(=O)(=O)Nc3nccs3)cc2)sc1C(=O)Nc1ccccc1. The highest BCUT2D eigenvalue weighted by Crippen LogP contribution is 2.27. The van der Waals surface area contributed by atoms with Crippen LogP contribution in [0.1, 0.15) is 15.4 Å². The number of hydrogen-bond acceptors (Lipinski definition) is 8. The second-order valence-corrected chi connectivity index (χ2v) is 9.92. The summed E-state index contributed by atoms with van der Waals surface area (Å²) in [5.74, 6) is -0.232. The highest BCUT2D eigenvalue weighted by Gasteiger charge is 2.17. The predicted octanol–water partition coefficient (Wildman–Crippen LogP) is 4.70. The molecule has 31 heavy (non-hydrogen) atoms. The van der Waals surface area contributed by atoms with E-state index in [9.17, 15) is 13.2 Å². The average molecular weight is 472 g/mol. The number of rotatable bonds is 7. The summed E-state index contributed by atoms with van der Waals surface area (Å²) in [7, 11) is -3.71. The van der Waals surface area contributed by atoms with Gasteiger partial charge in [0, 0.05) is 23.0 Å². The Labute approximate surface area is 187 Å². The van der Waals surface area contributed by atoms with Crippen LogP contribution in [0.4, 0.5) is 21.6 Å². The number of anilines is 4. The number of benzene rings is 2. The van der Waals surface area contributed by atoms with E-state index in [4.69, 9.17) is 0 Å². The first-order valence-electron chi connectivity index (χ1n) is 9.04. The van der Waals surface area contributed by atoms with E-state index < -0.39 is 10.0 Å². The van der Waals surface area contributed by atoms with E-state index in [2.05, 4.69) is 25.3 Å². The van der Waals surface area contributed by atoms with Gasteiger partial charge in [0.05, 0.1) is 10.6 Å². The Morgan fingerprint density at radius 2 is 1.71 bits per heavy atom. The van der Waals surface area contributed by atoms with Gasteiger partial charge in [-0.3, -0.25) is 9.52 Å². The number of carbonyl (C=O) groups excluding carboxylic acids is 1. The molecule has 4 aromatic rings. The number of sulfonamides is 1. The zero-order chi connectivity index (χ0) is 21.8. The summed E-state index contributed by atoms with van der Waals surface area (Å²) in [6, 6.07) is 15.4. The average Bonchev–Trinajstić information content (AvgIpc) is 3.38. The zero-order valence-corrected chi connectivity index (χ0v) is 18.6. The largest absolute Gasteiger partial charge is 0.332 e. The van der Waals surface area contributed by atoms with Crippen LogP contribution in [0.15, 0.2) is 71.1 Å². The maximum Gasteiger partial charge on any atom is 0.267 e. The first-order chi connectivity index (χ1) is 14.9. The van der Waals surface area contributed by atoms with Gasteiger partial charge in [0.25, 0.3) is 15.9 Å². The van der Waals surface area contributed by atoms with Gasteiger partial charge in [-0.25, -0.2) is 18.4 Å². The van der Waals surface area contributed by atoms with E-state index >= 15 is 0 Å². The monoisotopic (exact) mass is 471 g/mol. The van der Waals surface area contributed by atoms with E-state index in [-0.39, 0.29) is 10.8 Å². The lowest BCUT2D eigenvalue weighted by Gasteiger charge is -2.07. The molecule has 2 aromatic heterocycles. The minimum atomic E-state index is -3.71. The van der Waals surface area contributed by atoms with Crippen molar-refractivity contribution in [1.82, 2.24) is 9.97 Å². The number of nitrogens with one attached hydrogen (secondary N) is 3. The summed E-state index contributed by atoms with van der Waals surface area (Å²) in [4.78, 5) is 21.5. The molecule has 11 heteroatoms. The standard InChI is InChI=1S/C20H17N5O3S3/c1-13-17(18(26)23-14-5-3-2-4-6-14)30-20(22-13)24-15-7-9-16(10-8-15)31(27,28)25-19-21-11-12-29-19/h2-12H,1H3,(H,21,25)(H,22,24)(H,23,26). The molecular weight excluding hydrogens is 454 g/mol. The molecule has 0 saturated carbocycles. The van der Waals surface area contributed by atoms with Crippen molar-refractivity contribution in [3.63, 3.8) is 0 Å². The van der Waals surface area contributed by atoms with Crippen LogP contribution in [0, 0.1) is 6.92 Å². The van der Waals surface area contributed by atoms with Gasteiger partial charge in [-0.2, -0.15) is 0 Å². The first-order valence-corrected chi connectivity index (χ1v) is 12.2. The van der Waals surface area contributed by atoms with Crippen LogP contribution in [0.2, 0.25) is 0 Å². The maximum atomic E-state index is 12.5. The van der Waals surface area contributed by atoms with E-state index in [1.54, 1.807) is 24.4 Å². The van der Waals surface area contributed by atoms with Crippen molar-refractivity contribution in [2.75, 3.05) is 15.4 Å². The summed E-state index contributed by atoms with van der Waals surface area (Å²) in [6.07, 6.45) is 1.53. The molecule has 2 aromatic carbocycles. The van der Waals surface area contributed by atoms with Crippen LogP contribution in [0.3, 0.4) is 0 Å². The van der Waals surface area contributed by atoms with E-state index in [0.717, 1.165) is 0 Å². The second kappa shape index (κ2) is 8.84. The third kappa shape index (κ3) is 5.08. The molecule has 1 amide bonds. The van der Waals surface area contributed by atoms with Crippen molar-refractivity contribution in [1.29, 1.82) is 0 Å². The van der Waals surface area contributed by atoms with Gasteiger partial charge in [-0.15, -0.1) is 11.3 Å². The lowest BCUT2D eigenvalue weighted by molar-refractivity contribution is 0.103. The number of nitrogens with zero attached hydrogens (tertiary/aromatic N) is 2. The van der Waals surface area contributed by atoms with Crippen molar-refractivity contribution in [3.05, 3.63) is 76.7 Å². The zero-order valence-electron chi connectivity index (χ0n) is 16.2. The molecule has 3 N–H and O–H groups in total. The first kappa shape index (κ1) is 21.0. The fourth-order valence-corrected chi connectivity index (χ4v) is 5.33. The van der Waals surface area contributed by atoms with Gasteiger partial charge in [-0.05, 0) is 43.3 Å². The fraction of sp³-hybridized carbons (Fsp3) is 0.0500. The van der Waals surface area contributed by atoms with Crippen molar-refractivity contribution in [2.24, 2.45) is 0 Å². The Morgan fingerprint density at radius 1 is 0.968 bits per heavy atom. The molecule has 0 aliphatic carbocycles. The molecular formula is C20H17N5O3S3. The minimum absolute atomic E-state index is 0.117. The number of amides is 1. The van der Waals surface area contributed by atoms with Crippen LogP contribution >= 0.6 is 22.7 Å². The smallest absolute Gasteiger partial charge is 0.267 e. The molecule has 4 rings (SSSR count). The van der Waals surface area contributed by atoms with E-state index in [1.807, 2.05) is 30.3 Å². The van der Waals surface area contributed by atoms with E-state index in [0.29, 0.717) is 32.2 Å². The molecule has 0 spiro atoms. The van der Waals surface area contributed by atoms with Crippen LogP contribution in [-0.2, 0) is 10.0 Å². The molecule has 0 fully saturated rings. The van der Waals surface area contributed by atoms with E-state index in [1.165, 1.54) is 41.0 Å². The Hall–Kier alpha value is -3.28. The van der Waals surface area contributed by atoms with Crippen molar-refractivity contribution in [2.45, 2.75) is 11.8 Å². The number of aromatic nitrogens is 2. The van der Waals surface area contributed by atoms with Crippen molar-refractivity contribution >= 4 is 60.2 Å². The maximum absolute atomic E-state index is 12.5. The Morgan fingerprint density at radius 3 is 2.39 bits per heavy atom. The molecule has 0 bridgehead atoms. The summed E-state index contributed by atoms with van der Waals surface area (Å²) >= 11 is 2.42. The fourth-order valence-electron chi connectivity index (χ4n) is 2.66. The quantitative estimate of drug-likeness (QED) is 0.360. The number of para-hydroxylation sites is 1. The van der Waals surface area contributed by atoms with Crippen LogP contribution in [0.5, 0.6) is 0 Å². The molecule has 0 atom stereocenters. The highest BCUT2D eigenvalue weighted by molar-refractivity contribution is 7.93. The number of aryl methyl sites for hydroxylation is 1. The molecule has 8 nitrogen and oxygen atoms in total. The van der Waals surface area contributed by atoms with Gasteiger partial charge in [-0.1, -0.05) is 29.5 Å². The molecule has 0 saturated heterocycles. The predicted molar refractivity (Wildman–Crippen MR) is 124 cm³/mol. The summed E-state index contributed by atoms with van der Waals surface area (Å²) < 4.78 is 27.3. The Kier molecular flexibility index (Phi) is 5.98.